The highest BCUT2D eigenvalue weighted by Crippen LogP contribution is 2.60. The lowest BCUT2D eigenvalue weighted by Crippen LogP contribution is -2.20. The first-order valence-electron chi connectivity index (χ1n) is 7.26. The minimum absolute atomic E-state index is 0.134. The number of carbonyl (C=O) groups is 1. The van der Waals surface area contributed by atoms with E-state index in [1.807, 2.05) is 37.5 Å². The molecule has 2 aromatic heterocycles. The fraction of sp³-hybridized carbons (Fsp3) is 0.533. The van der Waals surface area contributed by atoms with Crippen molar-refractivity contribution in [3.05, 3.63) is 29.2 Å². The molecule has 0 aliphatic heterocycles. The first-order chi connectivity index (χ1) is 9.61. The molecule has 2 aromatic rings. The maximum absolute atomic E-state index is 11.6. The smallest absolute Gasteiger partial charge is 0.225 e. The molecule has 5 heteroatoms. The van der Waals surface area contributed by atoms with E-state index in [9.17, 15) is 4.79 Å². The fourth-order valence-electron chi connectivity index (χ4n) is 3.29. The molecule has 4 rings (SSSR count). The van der Waals surface area contributed by atoms with Gasteiger partial charge in [-0.1, -0.05) is 13.8 Å². The van der Waals surface area contributed by atoms with Crippen molar-refractivity contribution in [1.82, 2.24) is 14.6 Å². The number of nitrogens with zero attached hydrogens (tertiary/aromatic N) is 3. The Bertz CT molecular complexity index is 684. The highest BCUT2D eigenvalue weighted by Gasteiger charge is 2.55. The van der Waals surface area contributed by atoms with Gasteiger partial charge in [-0.25, -0.2) is 9.50 Å². The van der Waals surface area contributed by atoms with Gasteiger partial charge in [0.1, 0.15) is 0 Å². The van der Waals surface area contributed by atoms with E-state index in [4.69, 9.17) is 5.73 Å². The third-order valence-electron chi connectivity index (χ3n) is 4.30. The molecular weight excluding hydrogens is 252 g/mol. The van der Waals surface area contributed by atoms with Gasteiger partial charge in [-0.15, -0.1) is 0 Å². The normalized spacial score (nSPS) is 21.4. The highest BCUT2D eigenvalue weighted by molar-refractivity contribution is 5.84. The quantitative estimate of drug-likeness (QED) is 0.863. The Kier molecular flexibility index (Phi) is 2.81. The van der Waals surface area contributed by atoms with E-state index in [1.165, 1.54) is 5.69 Å². The first kappa shape index (κ1) is 13.1. The Morgan fingerprint density at radius 2 is 2.15 bits per heavy atom. The van der Waals surface area contributed by atoms with Crippen LogP contribution in [0, 0.1) is 6.92 Å². The topological polar surface area (TPSA) is 73.3 Å². The number of amides is 1. The van der Waals surface area contributed by atoms with Crippen LogP contribution in [0.4, 0.5) is 0 Å². The summed E-state index contributed by atoms with van der Waals surface area (Å²) < 4.78 is 1.92. The molecular formula is C15H20N4O. The van der Waals surface area contributed by atoms with Crippen LogP contribution >= 0.6 is 0 Å². The van der Waals surface area contributed by atoms with Crippen LogP contribution in [0.2, 0.25) is 0 Å². The summed E-state index contributed by atoms with van der Waals surface area (Å²) in [5.41, 5.74) is 9.62. The van der Waals surface area contributed by atoms with E-state index >= 15 is 0 Å². The maximum atomic E-state index is 11.6. The van der Waals surface area contributed by atoms with Gasteiger partial charge in [0.2, 0.25) is 5.91 Å². The second-order valence-corrected chi connectivity index (χ2v) is 5.56. The SMILES string of the molecule is CC.Cc1cc2ncc3c(n2n1)C1(CC1)CC3C(N)=O. The molecule has 1 fully saturated rings. The molecule has 0 bridgehead atoms. The van der Waals surface area contributed by atoms with Crippen LogP contribution < -0.4 is 5.73 Å². The molecule has 1 atom stereocenters. The van der Waals surface area contributed by atoms with E-state index in [1.54, 1.807) is 0 Å². The number of hydrogen-bond donors (Lipinski definition) is 1. The molecule has 0 radical (unpaired) electrons. The number of rotatable bonds is 1. The number of carbonyl (C=O) groups excluding carboxylic acids is 1. The van der Waals surface area contributed by atoms with Crippen molar-refractivity contribution in [3.63, 3.8) is 0 Å². The Labute approximate surface area is 118 Å². The van der Waals surface area contributed by atoms with Crippen LogP contribution in [0.1, 0.15) is 56.0 Å². The molecule has 5 nitrogen and oxygen atoms in total. The maximum Gasteiger partial charge on any atom is 0.225 e. The number of fused-ring (bicyclic) bond motifs is 4. The molecule has 2 N–H and O–H groups in total. The largest absolute Gasteiger partial charge is 0.369 e. The minimum atomic E-state index is -0.245. The molecule has 1 spiro atoms. The summed E-state index contributed by atoms with van der Waals surface area (Å²) in [5, 5.41) is 4.52. The zero-order chi connectivity index (χ0) is 14.5. The number of aromatic nitrogens is 3. The summed E-state index contributed by atoms with van der Waals surface area (Å²) >= 11 is 0. The Balaban J connectivity index is 0.000000581. The number of primary amides is 1. The number of hydrogen-bond acceptors (Lipinski definition) is 3. The lowest BCUT2D eigenvalue weighted by molar-refractivity contribution is -0.119. The molecule has 2 aliphatic carbocycles. The van der Waals surface area contributed by atoms with Crippen molar-refractivity contribution >= 4 is 11.6 Å². The summed E-state index contributed by atoms with van der Waals surface area (Å²) in [6, 6.07) is 1.97. The van der Waals surface area contributed by atoms with E-state index in [0.29, 0.717) is 0 Å². The monoisotopic (exact) mass is 272 g/mol. The van der Waals surface area contributed by atoms with Gasteiger partial charge in [0.05, 0.1) is 17.3 Å². The number of aryl methyl sites for hydroxylation is 1. The molecule has 106 valence electrons. The van der Waals surface area contributed by atoms with Gasteiger partial charge in [-0.3, -0.25) is 4.79 Å². The van der Waals surface area contributed by atoms with E-state index in [0.717, 1.165) is 36.2 Å². The average Bonchev–Trinajstić information content (AvgIpc) is 2.97. The summed E-state index contributed by atoms with van der Waals surface area (Å²) in [7, 11) is 0. The van der Waals surface area contributed by atoms with Crippen LogP contribution in [0.25, 0.3) is 5.65 Å². The molecule has 2 aliphatic rings. The van der Waals surface area contributed by atoms with Crippen molar-refractivity contribution in [3.8, 4) is 0 Å². The molecule has 1 unspecified atom stereocenters. The van der Waals surface area contributed by atoms with Gasteiger partial charge >= 0.3 is 0 Å². The Hall–Kier alpha value is -1.91. The third kappa shape index (κ3) is 1.65. The number of nitrogens with two attached hydrogens (primary N) is 1. The summed E-state index contributed by atoms with van der Waals surface area (Å²) in [6.45, 7) is 5.96. The van der Waals surface area contributed by atoms with Gasteiger partial charge in [-0.2, -0.15) is 5.10 Å². The molecule has 1 amide bonds. The van der Waals surface area contributed by atoms with Crippen molar-refractivity contribution in [2.24, 2.45) is 5.73 Å². The van der Waals surface area contributed by atoms with Crippen LogP contribution in [0.15, 0.2) is 12.3 Å². The summed E-state index contributed by atoms with van der Waals surface area (Å²) in [4.78, 5) is 16.0. The van der Waals surface area contributed by atoms with E-state index in [2.05, 4.69) is 10.1 Å². The predicted molar refractivity (Wildman–Crippen MR) is 76.5 cm³/mol. The summed E-state index contributed by atoms with van der Waals surface area (Å²) in [5.74, 6) is -0.436. The van der Waals surface area contributed by atoms with E-state index < -0.39 is 0 Å². The van der Waals surface area contributed by atoms with Gasteiger partial charge in [0.15, 0.2) is 5.65 Å². The first-order valence-corrected chi connectivity index (χ1v) is 7.26. The van der Waals surface area contributed by atoms with Crippen molar-refractivity contribution in [2.75, 3.05) is 0 Å². The minimum Gasteiger partial charge on any atom is -0.369 e. The Morgan fingerprint density at radius 3 is 2.75 bits per heavy atom. The summed E-state index contributed by atoms with van der Waals surface area (Å²) in [6.07, 6.45) is 4.90. The van der Waals surface area contributed by atoms with Crippen LogP contribution in [0.3, 0.4) is 0 Å². The van der Waals surface area contributed by atoms with Crippen molar-refractivity contribution in [1.29, 1.82) is 0 Å². The molecule has 1 saturated carbocycles. The van der Waals surface area contributed by atoms with Gasteiger partial charge in [-0.05, 0) is 26.2 Å². The lowest BCUT2D eigenvalue weighted by atomic mass is 10.00. The van der Waals surface area contributed by atoms with Crippen molar-refractivity contribution in [2.45, 2.75) is 51.4 Å². The molecule has 20 heavy (non-hydrogen) atoms. The second kappa shape index (κ2) is 4.30. The van der Waals surface area contributed by atoms with Gasteiger partial charge < -0.3 is 5.73 Å². The Morgan fingerprint density at radius 1 is 1.45 bits per heavy atom. The fourth-order valence-corrected chi connectivity index (χ4v) is 3.29. The van der Waals surface area contributed by atoms with Gasteiger partial charge in [0, 0.05) is 23.2 Å². The van der Waals surface area contributed by atoms with Gasteiger partial charge in [0.25, 0.3) is 0 Å². The molecule has 0 saturated heterocycles. The molecule has 2 heterocycles. The van der Waals surface area contributed by atoms with Crippen LogP contribution in [0.5, 0.6) is 0 Å². The third-order valence-corrected chi connectivity index (χ3v) is 4.30. The van der Waals surface area contributed by atoms with Crippen LogP contribution in [-0.4, -0.2) is 20.5 Å². The van der Waals surface area contributed by atoms with Crippen molar-refractivity contribution < 1.29 is 4.79 Å². The van der Waals surface area contributed by atoms with Crippen LogP contribution in [-0.2, 0) is 10.2 Å². The highest BCUT2D eigenvalue weighted by atomic mass is 16.1. The predicted octanol–water partition coefficient (Wildman–Crippen LogP) is 2.07. The zero-order valence-corrected chi connectivity index (χ0v) is 12.2. The lowest BCUT2D eigenvalue weighted by Gasteiger charge is -2.09. The second-order valence-electron chi connectivity index (χ2n) is 5.56. The molecule has 0 aromatic carbocycles. The average molecular weight is 272 g/mol. The standard InChI is InChI=1S/C13H14N4O.C2H6/c1-7-4-10-15-6-9-8(12(14)18)5-13(2-3-13)11(9)17(10)16-7;1-2/h4,6,8H,2-3,5H2,1H3,(H2,14,18);1-2H3. The van der Waals surface area contributed by atoms with E-state index in [-0.39, 0.29) is 17.2 Å². The zero-order valence-electron chi connectivity index (χ0n) is 12.2.